The van der Waals surface area contributed by atoms with Crippen LogP contribution in [0.5, 0.6) is 11.5 Å². The number of hydrogen-bond acceptors (Lipinski definition) is 4. The Bertz CT molecular complexity index is 604. The van der Waals surface area contributed by atoms with Crippen molar-refractivity contribution < 1.29 is 9.47 Å². The third-order valence-corrected chi connectivity index (χ3v) is 4.37. The predicted octanol–water partition coefficient (Wildman–Crippen LogP) is 4.23. The van der Waals surface area contributed by atoms with Gasteiger partial charge in [0.2, 0.25) is 0 Å². The Morgan fingerprint density at radius 2 is 1.90 bits per heavy atom. The molecule has 2 aromatic rings. The monoisotopic (exact) mass is 309 g/mol. The first kappa shape index (κ1) is 14.9. The Morgan fingerprint density at radius 1 is 1.10 bits per heavy atom. The van der Waals surface area contributed by atoms with Crippen molar-refractivity contribution in [1.82, 2.24) is 0 Å². The van der Waals surface area contributed by atoms with E-state index in [0.29, 0.717) is 10.7 Å². The number of anilines is 1. The van der Waals surface area contributed by atoms with Crippen LogP contribution in [0.1, 0.15) is 5.56 Å². The molecule has 0 aromatic heterocycles. The van der Waals surface area contributed by atoms with Crippen LogP contribution in [0.3, 0.4) is 0 Å². The van der Waals surface area contributed by atoms with Gasteiger partial charge < -0.3 is 15.2 Å². The van der Waals surface area contributed by atoms with Gasteiger partial charge in [-0.2, -0.15) is 0 Å². The van der Waals surface area contributed by atoms with Gasteiger partial charge in [0, 0.05) is 21.9 Å². The maximum atomic E-state index is 6.17. The van der Waals surface area contributed by atoms with E-state index in [9.17, 15) is 0 Å². The Balaban J connectivity index is 2.17. The second-order valence-corrected chi connectivity index (χ2v) is 5.58. The molecule has 106 valence electrons. The van der Waals surface area contributed by atoms with Gasteiger partial charge in [-0.3, -0.25) is 0 Å². The van der Waals surface area contributed by atoms with Crippen LogP contribution >= 0.6 is 23.4 Å². The first-order chi connectivity index (χ1) is 9.63. The summed E-state index contributed by atoms with van der Waals surface area (Å²) in [5.41, 5.74) is 7.41. The number of rotatable bonds is 5. The highest BCUT2D eigenvalue weighted by molar-refractivity contribution is 7.98. The Hall–Kier alpha value is -1.52. The Labute approximate surface area is 128 Å². The molecule has 0 fully saturated rings. The van der Waals surface area contributed by atoms with Crippen molar-refractivity contribution in [2.45, 2.75) is 10.6 Å². The quantitative estimate of drug-likeness (QED) is 0.663. The fourth-order valence-electron chi connectivity index (χ4n) is 1.78. The van der Waals surface area contributed by atoms with E-state index >= 15 is 0 Å². The lowest BCUT2D eigenvalue weighted by Gasteiger charge is -2.11. The zero-order chi connectivity index (χ0) is 14.5. The van der Waals surface area contributed by atoms with E-state index in [2.05, 4.69) is 0 Å². The molecule has 0 aliphatic carbocycles. The molecule has 2 N–H and O–H groups in total. The summed E-state index contributed by atoms with van der Waals surface area (Å²) in [7, 11) is 3.31. The topological polar surface area (TPSA) is 44.5 Å². The number of nitrogens with two attached hydrogens (primary N) is 1. The summed E-state index contributed by atoms with van der Waals surface area (Å²) < 4.78 is 10.6. The van der Waals surface area contributed by atoms with Gasteiger partial charge in [-0.25, -0.2) is 0 Å². The first-order valence-corrected chi connectivity index (χ1v) is 7.39. The minimum absolute atomic E-state index is 0.664. The summed E-state index contributed by atoms with van der Waals surface area (Å²) in [6, 6.07) is 11.3. The number of hydrogen-bond donors (Lipinski definition) is 1. The third kappa shape index (κ3) is 3.52. The fraction of sp³-hybridized carbons (Fsp3) is 0.200. The minimum atomic E-state index is 0.664. The van der Waals surface area contributed by atoms with Crippen LogP contribution < -0.4 is 15.2 Å². The average molecular weight is 310 g/mol. The molecule has 2 rings (SSSR count). The van der Waals surface area contributed by atoms with E-state index in [4.69, 9.17) is 26.8 Å². The van der Waals surface area contributed by atoms with Crippen LogP contribution in [0.2, 0.25) is 5.02 Å². The Kier molecular flexibility index (Phi) is 5.04. The van der Waals surface area contributed by atoms with Gasteiger partial charge in [-0.1, -0.05) is 11.6 Å². The lowest BCUT2D eigenvalue weighted by Crippen LogP contribution is -1.92. The standard InChI is InChI=1S/C15H16ClNO2S/c1-18-12-4-5-14(19-2)10(7-12)9-20-15-6-3-11(17)8-13(15)16/h3-8H,9,17H2,1-2H3. The molecular weight excluding hydrogens is 294 g/mol. The molecule has 0 aliphatic heterocycles. The zero-order valence-electron chi connectivity index (χ0n) is 11.4. The summed E-state index contributed by atoms with van der Waals surface area (Å²) in [6.07, 6.45) is 0. The summed E-state index contributed by atoms with van der Waals surface area (Å²) >= 11 is 7.81. The highest BCUT2D eigenvalue weighted by atomic mass is 35.5. The molecular formula is C15H16ClNO2S. The van der Waals surface area contributed by atoms with Crippen molar-refractivity contribution in [3.8, 4) is 11.5 Å². The van der Waals surface area contributed by atoms with Crippen molar-refractivity contribution in [3.05, 3.63) is 47.0 Å². The zero-order valence-corrected chi connectivity index (χ0v) is 12.9. The van der Waals surface area contributed by atoms with E-state index in [0.717, 1.165) is 27.7 Å². The van der Waals surface area contributed by atoms with Crippen LogP contribution in [0.25, 0.3) is 0 Å². The summed E-state index contributed by atoms with van der Waals surface area (Å²) in [5, 5.41) is 0.664. The molecule has 0 heterocycles. The van der Waals surface area contributed by atoms with Gasteiger partial charge in [0.1, 0.15) is 11.5 Å². The SMILES string of the molecule is COc1ccc(OC)c(CSc2ccc(N)cc2Cl)c1. The van der Waals surface area contributed by atoms with Gasteiger partial charge in [0.25, 0.3) is 0 Å². The fourth-order valence-corrected chi connectivity index (χ4v) is 3.03. The van der Waals surface area contributed by atoms with Gasteiger partial charge >= 0.3 is 0 Å². The second-order valence-electron chi connectivity index (χ2n) is 4.16. The largest absolute Gasteiger partial charge is 0.497 e. The molecule has 0 aliphatic rings. The maximum Gasteiger partial charge on any atom is 0.123 e. The van der Waals surface area contributed by atoms with Gasteiger partial charge in [-0.05, 0) is 36.4 Å². The molecule has 0 bridgehead atoms. The molecule has 5 heteroatoms. The van der Waals surface area contributed by atoms with Crippen molar-refractivity contribution in [2.75, 3.05) is 20.0 Å². The average Bonchev–Trinajstić information content (AvgIpc) is 2.46. The van der Waals surface area contributed by atoms with Crippen molar-refractivity contribution in [2.24, 2.45) is 0 Å². The van der Waals surface area contributed by atoms with Crippen LogP contribution in [-0.2, 0) is 5.75 Å². The molecule has 0 amide bonds. The molecule has 0 atom stereocenters. The van der Waals surface area contributed by atoms with Crippen molar-refractivity contribution in [1.29, 1.82) is 0 Å². The molecule has 2 aromatic carbocycles. The molecule has 0 unspecified atom stereocenters. The summed E-state index contributed by atoms with van der Waals surface area (Å²) in [4.78, 5) is 0.991. The first-order valence-electron chi connectivity index (χ1n) is 6.02. The molecule has 3 nitrogen and oxygen atoms in total. The van der Waals surface area contributed by atoms with Gasteiger partial charge in [0.15, 0.2) is 0 Å². The van der Waals surface area contributed by atoms with E-state index in [1.54, 1.807) is 32.0 Å². The normalized spacial score (nSPS) is 10.3. The van der Waals surface area contributed by atoms with E-state index in [1.165, 1.54) is 0 Å². The second kappa shape index (κ2) is 6.77. The molecule has 20 heavy (non-hydrogen) atoms. The number of thioether (sulfide) groups is 1. The van der Waals surface area contributed by atoms with Crippen molar-refractivity contribution in [3.63, 3.8) is 0 Å². The van der Waals surface area contributed by atoms with E-state index in [1.807, 2.05) is 30.3 Å². The maximum absolute atomic E-state index is 6.17. The van der Waals surface area contributed by atoms with Crippen molar-refractivity contribution >= 4 is 29.1 Å². The van der Waals surface area contributed by atoms with Crippen LogP contribution in [0, 0.1) is 0 Å². The lowest BCUT2D eigenvalue weighted by atomic mass is 10.2. The predicted molar refractivity (Wildman–Crippen MR) is 85.0 cm³/mol. The number of benzene rings is 2. The number of methoxy groups -OCH3 is 2. The van der Waals surface area contributed by atoms with E-state index in [-0.39, 0.29) is 0 Å². The van der Waals surface area contributed by atoms with Crippen LogP contribution in [0.15, 0.2) is 41.3 Å². The number of ether oxygens (including phenoxy) is 2. The van der Waals surface area contributed by atoms with Crippen LogP contribution in [0.4, 0.5) is 5.69 Å². The van der Waals surface area contributed by atoms with E-state index < -0.39 is 0 Å². The third-order valence-electron chi connectivity index (χ3n) is 2.83. The number of nitrogen functional groups attached to an aromatic ring is 1. The smallest absolute Gasteiger partial charge is 0.123 e. The van der Waals surface area contributed by atoms with Gasteiger partial charge in [-0.15, -0.1) is 11.8 Å². The molecule has 0 spiro atoms. The lowest BCUT2D eigenvalue weighted by molar-refractivity contribution is 0.400. The molecule has 0 saturated carbocycles. The molecule has 0 radical (unpaired) electrons. The molecule has 0 saturated heterocycles. The minimum Gasteiger partial charge on any atom is -0.497 e. The summed E-state index contributed by atoms with van der Waals surface area (Å²) in [6.45, 7) is 0. The Morgan fingerprint density at radius 3 is 2.55 bits per heavy atom. The van der Waals surface area contributed by atoms with Gasteiger partial charge in [0.05, 0.1) is 19.2 Å². The van der Waals surface area contributed by atoms with Crippen LogP contribution in [-0.4, -0.2) is 14.2 Å². The highest BCUT2D eigenvalue weighted by Gasteiger charge is 2.08. The highest BCUT2D eigenvalue weighted by Crippen LogP contribution is 2.34. The number of halogens is 1. The summed E-state index contributed by atoms with van der Waals surface area (Å²) in [5.74, 6) is 2.39.